The molecule has 150 valence electrons. The number of hydrogen-bond donors (Lipinski definition) is 2. The summed E-state index contributed by atoms with van der Waals surface area (Å²) in [5.41, 5.74) is 1.13. The van der Waals surface area contributed by atoms with Crippen molar-refractivity contribution in [3.8, 4) is 0 Å². The molecule has 0 aromatic carbocycles. The standard InChI is InChI=1S/C19H41NO4Si/c1-14(2)25(15(3)4,16(5)6)23-12-10-11-17(13-21)20-18(22)24-19(7,8)9/h14-17,21H,10-13H2,1-9H3,(H,20,22)/t17-/m1/s1. The van der Waals surface area contributed by atoms with Crippen molar-refractivity contribution in [3.63, 3.8) is 0 Å². The van der Waals surface area contributed by atoms with Crippen LogP contribution in [0.15, 0.2) is 0 Å². The number of rotatable bonds is 10. The normalized spacial score (nSPS) is 14.3. The third-order valence-electron chi connectivity index (χ3n) is 4.70. The number of nitrogens with one attached hydrogen (secondary N) is 1. The molecular weight excluding hydrogens is 334 g/mol. The van der Waals surface area contributed by atoms with Gasteiger partial charge in [-0.2, -0.15) is 0 Å². The van der Waals surface area contributed by atoms with E-state index in [1.54, 1.807) is 0 Å². The van der Waals surface area contributed by atoms with Crippen LogP contribution in [0.25, 0.3) is 0 Å². The molecular formula is C19H41NO4Si. The number of carbonyl (C=O) groups excluding carboxylic acids is 1. The highest BCUT2D eigenvalue weighted by Gasteiger charge is 2.44. The summed E-state index contributed by atoms with van der Waals surface area (Å²) in [4.78, 5) is 11.8. The second-order valence-electron chi connectivity index (χ2n) is 8.83. The maximum Gasteiger partial charge on any atom is 0.407 e. The SMILES string of the molecule is CC(C)[Si](OCCC[C@H](CO)NC(=O)OC(C)(C)C)(C(C)C)C(C)C. The van der Waals surface area contributed by atoms with Crippen molar-refractivity contribution in [3.05, 3.63) is 0 Å². The molecule has 0 aromatic rings. The summed E-state index contributed by atoms with van der Waals surface area (Å²) in [5.74, 6) is 0. The number of amides is 1. The van der Waals surface area contributed by atoms with Gasteiger partial charge in [0.05, 0.1) is 12.6 Å². The highest BCUT2D eigenvalue weighted by Crippen LogP contribution is 2.42. The Morgan fingerprint density at radius 3 is 1.88 bits per heavy atom. The Morgan fingerprint density at radius 1 is 1.04 bits per heavy atom. The molecule has 1 amide bonds. The van der Waals surface area contributed by atoms with E-state index in [-0.39, 0.29) is 12.6 Å². The summed E-state index contributed by atoms with van der Waals surface area (Å²) < 4.78 is 11.7. The zero-order valence-corrected chi connectivity index (χ0v) is 18.8. The second-order valence-corrected chi connectivity index (χ2v) is 14.3. The van der Waals surface area contributed by atoms with Crippen molar-refractivity contribution in [1.29, 1.82) is 0 Å². The summed E-state index contributed by atoms with van der Waals surface area (Å²) in [7, 11) is -1.85. The topological polar surface area (TPSA) is 67.8 Å². The molecule has 0 spiro atoms. The predicted octanol–water partition coefficient (Wildman–Crippen LogP) is 4.84. The Morgan fingerprint density at radius 2 is 1.52 bits per heavy atom. The number of aliphatic hydroxyl groups is 1. The van der Waals surface area contributed by atoms with Gasteiger partial charge in [-0.05, 0) is 50.2 Å². The third kappa shape index (κ3) is 8.09. The minimum Gasteiger partial charge on any atom is -0.444 e. The second kappa shape index (κ2) is 10.5. The zero-order valence-electron chi connectivity index (χ0n) is 17.8. The third-order valence-corrected chi connectivity index (χ3v) is 10.8. The van der Waals surface area contributed by atoms with Gasteiger partial charge in [-0.25, -0.2) is 4.79 Å². The van der Waals surface area contributed by atoms with E-state index in [2.05, 4.69) is 46.9 Å². The van der Waals surface area contributed by atoms with Crippen molar-refractivity contribution in [2.75, 3.05) is 13.2 Å². The van der Waals surface area contributed by atoms with Gasteiger partial charge in [-0.1, -0.05) is 41.5 Å². The molecule has 0 unspecified atom stereocenters. The molecule has 0 fully saturated rings. The zero-order chi connectivity index (χ0) is 19.8. The first kappa shape index (κ1) is 24.4. The van der Waals surface area contributed by atoms with Crippen LogP contribution < -0.4 is 5.32 Å². The Kier molecular flexibility index (Phi) is 10.3. The maximum atomic E-state index is 11.8. The first-order valence-corrected chi connectivity index (χ1v) is 11.7. The first-order valence-electron chi connectivity index (χ1n) is 9.61. The van der Waals surface area contributed by atoms with Crippen molar-refractivity contribution >= 4 is 14.4 Å². The molecule has 0 saturated carbocycles. The van der Waals surface area contributed by atoms with Crippen LogP contribution in [-0.2, 0) is 9.16 Å². The quantitative estimate of drug-likeness (QED) is 0.423. The van der Waals surface area contributed by atoms with Gasteiger partial charge >= 0.3 is 6.09 Å². The number of alkyl carbamates (subject to hydrolysis) is 1. The molecule has 6 heteroatoms. The van der Waals surface area contributed by atoms with Crippen molar-refractivity contribution in [2.45, 2.75) is 103 Å². The van der Waals surface area contributed by atoms with Gasteiger partial charge in [-0.3, -0.25) is 0 Å². The largest absolute Gasteiger partial charge is 0.444 e. The van der Waals surface area contributed by atoms with Crippen LogP contribution in [0.2, 0.25) is 16.6 Å². The van der Waals surface area contributed by atoms with Gasteiger partial charge < -0.3 is 19.6 Å². The van der Waals surface area contributed by atoms with Gasteiger partial charge in [0.1, 0.15) is 5.60 Å². The number of hydrogen-bond acceptors (Lipinski definition) is 4. The van der Waals surface area contributed by atoms with E-state index >= 15 is 0 Å². The Balaban J connectivity index is 4.53. The minimum atomic E-state index is -1.85. The van der Waals surface area contributed by atoms with E-state index in [9.17, 15) is 9.90 Å². The molecule has 0 heterocycles. The summed E-state index contributed by atoms with van der Waals surface area (Å²) in [6, 6.07) is -0.299. The molecule has 2 N–H and O–H groups in total. The van der Waals surface area contributed by atoms with Crippen LogP contribution in [0.4, 0.5) is 4.79 Å². The van der Waals surface area contributed by atoms with Crippen molar-refractivity contribution < 1.29 is 19.1 Å². The van der Waals surface area contributed by atoms with E-state index in [4.69, 9.17) is 9.16 Å². The highest BCUT2D eigenvalue weighted by molar-refractivity contribution is 6.77. The fourth-order valence-electron chi connectivity index (χ4n) is 3.76. The molecule has 0 aliphatic heterocycles. The molecule has 0 aliphatic carbocycles. The van der Waals surface area contributed by atoms with Crippen LogP contribution in [0.5, 0.6) is 0 Å². The van der Waals surface area contributed by atoms with E-state index in [1.165, 1.54) is 0 Å². The van der Waals surface area contributed by atoms with Crippen molar-refractivity contribution in [2.24, 2.45) is 0 Å². The Hall–Kier alpha value is -0.593. The summed E-state index contributed by atoms with van der Waals surface area (Å²) in [5, 5.41) is 12.2. The highest BCUT2D eigenvalue weighted by atomic mass is 28.4. The first-order chi connectivity index (χ1) is 11.4. The van der Waals surface area contributed by atoms with E-state index in [0.717, 1.165) is 6.42 Å². The van der Waals surface area contributed by atoms with Gasteiger partial charge in [-0.15, -0.1) is 0 Å². The number of aliphatic hydroxyl groups excluding tert-OH is 1. The lowest BCUT2D eigenvalue weighted by molar-refractivity contribution is 0.0476. The molecule has 5 nitrogen and oxygen atoms in total. The molecule has 1 atom stereocenters. The maximum absolute atomic E-state index is 11.8. The summed E-state index contributed by atoms with van der Waals surface area (Å²) in [6.07, 6.45) is 0.999. The van der Waals surface area contributed by atoms with Gasteiger partial charge in [0.15, 0.2) is 8.32 Å². The molecule has 0 rings (SSSR count). The minimum absolute atomic E-state index is 0.0969. The average molecular weight is 376 g/mol. The number of carbonyl (C=O) groups is 1. The summed E-state index contributed by atoms with van der Waals surface area (Å²) in [6.45, 7) is 19.7. The number of ether oxygens (including phenoxy) is 1. The van der Waals surface area contributed by atoms with Crippen LogP contribution in [0, 0.1) is 0 Å². The lowest BCUT2D eigenvalue weighted by Crippen LogP contribution is -2.48. The molecule has 0 aromatic heterocycles. The van der Waals surface area contributed by atoms with Crippen molar-refractivity contribution in [1.82, 2.24) is 5.32 Å². The van der Waals surface area contributed by atoms with Crippen LogP contribution in [-0.4, -0.2) is 44.4 Å². The molecule has 25 heavy (non-hydrogen) atoms. The molecule has 0 aliphatic rings. The van der Waals surface area contributed by atoms with E-state index < -0.39 is 20.0 Å². The predicted molar refractivity (Wildman–Crippen MR) is 106 cm³/mol. The Bertz CT molecular complexity index is 370. The van der Waals surface area contributed by atoms with E-state index in [1.807, 2.05) is 20.8 Å². The fourth-order valence-corrected chi connectivity index (χ4v) is 9.26. The van der Waals surface area contributed by atoms with Gasteiger partial charge in [0, 0.05) is 6.61 Å². The Labute approximate surface area is 156 Å². The average Bonchev–Trinajstić information content (AvgIpc) is 2.42. The van der Waals surface area contributed by atoms with Crippen LogP contribution in [0.1, 0.15) is 75.2 Å². The summed E-state index contributed by atoms with van der Waals surface area (Å²) >= 11 is 0. The molecule has 0 bridgehead atoms. The lowest BCUT2D eigenvalue weighted by atomic mass is 10.2. The van der Waals surface area contributed by atoms with Gasteiger partial charge in [0.2, 0.25) is 0 Å². The molecule has 0 saturated heterocycles. The fraction of sp³-hybridized carbons (Fsp3) is 0.947. The lowest BCUT2D eigenvalue weighted by Gasteiger charge is -2.42. The van der Waals surface area contributed by atoms with E-state index in [0.29, 0.717) is 29.7 Å². The van der Waals surface area contributed by atoms with Crippen LogP contribution in [0.3, 0.4) is 0 Å². The van der Waals surface area contributed by atoms with Gasteiger partial charge in [0.25, 0.3) is 0 Å². The monoisotopic (exact) mass is 375 g/mol. The van der Waals surface area contributed by atoms with Crippen LogP contribution >= 0.6 is 0 Å². The smallest absolute Gasteiger partial charge is 0.407 e. The molecule has 0 radical (unpaired) electrons.